The lowest BCUT2D eigenvalue weighted by atomic mass is 10.1. The largest absolute Gasteiger partial charge is 0.378 e. The van der Waals surface area contributed by atoms with Gasteiger partial charge in [0, 0.05) is 45.3 Å². The Labute approximate surface area is 218 Å². The predicted octanol–water partition coefficient (Wildman–Crippen LogP) is 3.20. The van der Waals surface area contributed by atoms with Crippen LogP contribution in [0.5, 0.6) is 0 Å². The number of alkyl halides is 2. The molecule has 0 radical (unpaired) electrons. The van der Waals surface area contributed by atoms with Gasteiger partial charge >= 0.3 is 0 Å². The summed E-state index contributed by atoms with van der Waals surface area (Å²) in [6.45, 7) is 7.54. The second-order valence-electron chi connectivity index (χ2n) is 8.87. The minimum atomic E-state index is -2.94. The minimum absolute atomic E-state index is 0.0288. The number of nitrogens with one attached hydrogen (secondary N) is 1. The van der Waals surface area contributed by atoms with Gasteiger partial charge in [0.1, 0.15) is 29.2 Å². The van der Waals surface area contributed by atoms with E-state index in [9.17, 15) is 22.8 Å². The number of carbonyl (C=O) groups excluding carboxylic acids is 1. The maximum absolute atomic E-state index is 14.5. The van der Waals surface area contributed by atoms with E-state index in [0.717, 1.165) is 12.6 Å². The molecule has 0 aliphatic carbocycles. The van der Waals surface area contributed by atoms with Crippen LogP contribution in [0.4, 0.5) is 19.0 Å². The molecular formula is C26H31F3N6O3. The number of amides is 1. The second-order valence-corrected chi connectivity index (χ2v) is 8.87. The zero-order chi connectivity index (χ0) is 27.4. The normalized spacial score (nSPS) is 17.7. The number of rotatable bonds is 5. The maximum Gasteiger partial charge on any atom is 0.266 e. The van der Waals surface area contributed by atoms with Crippen LogP contribution in [-0.2, 0) is 18.3 Å². The average molecular weight is 533 g/mol. The van der Waals surface area contributed by atoms with Gasteiger partial charge in [-0.2, -0.15) is 0 Å². The summed E-state index contributed by atoms with van der Waals surface area (Å²) in [6.07, 6.45) is -1.70. The molecule has 5 rings (SSSR count). The number of hydrogen-bond acceptors (Lipinski definition) is 7. The van der Waals surface area contributed by atoms with Gasteiger partial charge in [-0.15, -0.1) is 0 Å². The van der Waals surface area contributed by atoms with Crippen molar-refractivity contribution in [2.45, 2.75) is 32.9 Å². The van der Waals surface area contributed by atoms with Crippen LogP contribution in [0.1, 0.15) is 41.8 Å². The highest BCUT2D eigenvalue weighted by Gasteiger charge is 2.33. The number of pyridine rings is 1. The molecule has 2 aromatic heterocycles. The second kappa shape index (κ2) is 11.9. The van der Waals surface area contributed by atoms with Gasteiger partial charge in [0.25, 0.3) is 17.9 Å². The highest BCUT2D eigenvalue weighted by molar-refractivity contribution is 5.99. The van der Waals surface area contributed by atoms with Gasteiger partial charge in [0.2, 0.25) is 0 Å². The summed E-state index contributed by atoms with van der Waals surface area (Å²) in [5, 5.41) is 3.32. The highest BCUT2D eigenvalue weighted by Crippen LogP contribution is 2.26. The Morgan fingerprint density at radius 2 is 2.00 bits per heavy atom. The van der Waals surface area contributed by atoms with Crippen molar-refractivity contribution in [2.24, 2.45) is 7.05 Å². The van der Waals surface area contributed by atoms with Crippen LogP contribution in [0.3, 0.4) is 0 Å². The molecule has 0 saturated carbocycles. The number of benzene rings is 1. The van der Waals surface area contributed by atoms with E-state index in [1.54, 1.807) is 4.90 Å². The molecule has 1 amide bonds. The number of carbonyl (C=O) groups is 1. The average Bonchev–Trinajstić information content (AvgIpc) is 2.94. The molecule has 38 heavy (non-hydrogen) atoms. The molecule has 12 heteroatoms. The Balaban J connectivity index is 0.00000164. The predicted molar refractivity (Wildman–Crippen MR) is 137 cm³/mol. The minimum Gasteiger partial charge on any atom is -0.378 e. The fourth-order valence-electron chi connectivity index (χ4n) is 4.75. The van der Waals surface area contributed by atoms with E-state index in [1.165, 1.54) is 36.1 Å². The number of anilines is 1. The number of hydrogen-bond donors (Lipinski definition) is 1. The van der Waals surface area contributed by atoms with Crippen LogP contribution in [-0.4, -0.2) is 75.7 Å². The summed E-state index contributed by atoms with van der Waals surface area (Å²) >= 11 is 0. The Morgan fingerprint density at radius 3 is 2.76 bits per heavy atom. The SMILES string of the molecule is CC.Cn1c(=O)c(C(=O)N2CCN3CCOCC3C2)cc2c(NCc3cccc(C(F)F)c3F)ncnc21. The molecule has 1 N–H and O–H groups in total. The number of halogens is 3. The summed E-state index contributed by atoms with van der Waals surface area (Å²) in [5.41, 5.74) is -0.885. The number of nitrogens with zero attached hydrogens (tertiary/aromatic N) is 5. The van der Waals surface area contributed by atoms with Crippen molar-refractivity contribution in [3.63, 3.8) is 0 Å². The van der Waals surface area contributed by atoms with Crippen LogP contribution in [0, 0.1) is 5.82 Å². The first-order chi connectivity index (χ1) is 18.3. The molecular weight excluding hydrogens is 501 g/mol. The van der Waals surface area contributed by atoms with Gasteiger partial charge in [0.15, 0.2) is 0 Å². The molecule has 2 aliphatic heterocycles. The molecule has 0 bridgehead atoms. The van der Waals surface area contributed by atoms with Crippen molar-refractivity contribution < 1.29 is 22.7 Å². The molecule has 4 heterocycles. The molecule has 1 aromatic carbocycles. The lowest BCUT2D eigenvalue weighted by molar-refractivity contribution is -0.0395. The number of aromatic nitrogens is 3. The fourth-order valence-corrected chi connectivity index (χ4v) is 4.75. The molecule has 204 valence electrons. The number of fused-ring (bicyclic) bond motifs is 2. The maximum atomic E-state index is 14.5. The third kappa shape index (κ3) is 5.37. The van der Waals surface area contributed by atoms with Gasteiger partial charge in [-0.3, -0.25) is 19.1 Å². The van der Waals surface area contributed by atoms with Gasteiger partial charge in [-0.1, -0.05) is 32.0 Å². The molecule has 1 unspecified atom stereocenters. The van der Waals surface area contributed by atoms with Gasteiger partial charge < -0.3 is 15.0 Å². The van der Waals surface area contributed by atoms with E-state index in [2.05, 4.69) is 20.2 Å². The van der Waals surface area contributed by atoms with E-state index < -0.39 is 29.3 Å². The zero-order valence-corrected chi connectivity index (χ0v) is 21.6. The lowest BCUT2D eigenvalue weighted by Crippen LogP contribution is -2.59. The van der Waals surface area contributed by atoms with E-state index in [-0.39, 0.29) is 35.2 Å². The summed E-state index contributed by atoms with van der Waals surface area (Å²) in [5.74, 6) is -1.14. The zero-order valence-electron chi connectivity index (χ0n) is 21.6. The van der Waals surface area contributed by atoms with Crippen LogP contribution < -0.4 is 10.9 Å². The van der Waals surface area contributed by atoms with Gasteiger partial charge in [0.05, 0.1) is 30.2 Å². The number of ether oxygens (including phenoxy) is 1. The van der Waals surface area contributed by atoms with Crippen molar-refractivity contribution in [2.75, 3.05) is 44.7 Å². The Bertz CT molecular complexity index is 1370. The van der Waals surface area contributed by atoms with Crippen LogP contribution >= 0.6 is 0 Å². The molecule has 2 saturated heterocycles. The van der Waals surface area contributed by atoms with Crippen LogP contribution in [0.2, 0.25) is 0 Å². The van der Waals surface area contributed by atoms with E-state index in [4.69, 9.17) is 4.74 Å². The third-order valence-electron chi connectivity index (χ3n) is 6.75. The molecule has 3 aromatic rings. The summed E-state index contributed by atoms with van der Waals surface area (Å²) in [7, 11) is 1.51. The number of morpholine rings is 1. The van der Waals surface area contributed by atoms with Gasteiger partial charge in [-0.05, 0) is 6.07 Å². The summed E-state index contributed by atoms with van der Waals surface area (Å²) in [4.78, 5) is 38.8. The Kier molecular flexibility index (Phi) is 8.62. The Morgan fingerprint density at radius 1 is 1.21 bits per heavy atom. The smallest absolute Gasteiger partial charge is 0.266 e. The first kappa shape index (κ1) is 27.5. The molecule has 2 aliphatic rings. The topological polar surface area (TPSA) is 92.6 Å². The first-order valence-corrected chi connectivity index (χ1v) is 12.6. The Hall–Kier alpha value is -3.51. The van der Waals surface area contributed by atoms with Crippen molar-refractivity contribution in [1.82, 2.24) is 24.3 Å². The van der Waals surface area contributed by atoms with Crippen molar-refractivity contribution in [1.29, 1.82) is 0 Å². The lowest BCUT2D eigenvalue weighted by Gasteiger charge is -2.43. The summed E-state index contributed by atoms with van der Waals surface area (Å²) in [6, 6.07) is 5.32. The van der Waals surface area contributed by atoms with E-state index >= 15 is 0 Å². The first-order valence-electron chi connectivity index (χ1n) is 12.6. The van der Waals surface area contributed by atoms with Crippen molar-refractivity contribution in [3.8, 4) is 0 Å². The van der Waals surface area contributed by atoms with E-state index in [0.29, 0.717) is 38.2 Å². The number of piperazine rings is 1. The van der Waals surface area contributed by atoms with Crippen LogP contribution in [0.25, 0.3) is 11.0 Å². The monoisotopic (exact) mass is 532 g/mol. The third-order valence-corrected chi connectivity index (χ3v) is 6.75. The molecule has 0 spiro atoms. The van der Waals surface area contributed by atoms with Crippen molar-refractivity contribution >= 4 is 22.8 Å². The highest BCUT2D eigenvalue weighted by atomic mass is 19.3. The number of aryl methyl sites for hydroxylation is 1. The standard InChI is InChI=1S/C24H25F3N6O3.C2H6/c1-31-22-17(21(29-13-30-22)28-10-14-3-2-4-16(19(14)25)20(26)27)9-18(23(31)34)24(35)33-6-5-32-7-8-36-12-15(32)11-33;1-2/h2-4,9,13,15,20H,5-8,10-12H2,1H3,(H,28,29,30);1-2H3. The van der Waals surface area contributed by atoms with E-state index in [1.807, 2.05) is 13.8 Å². The van der Waals surface area contributed by atoms with Crippen LogP contribution in [0.15, 0.2) is 35.4 Å². The molecule has 1 atom stereocenters. The fraction of sp³-hybridized carbons (Fsp3) is 0.462. The molecule has 2 fully saturated rings. The molecule has 9 nitrogen and oxygen atoms in total. The van der Waals surface area contributed by atoms with Gasteiger partial charge in [-0.25, -0.2) is 23.1 Å². The summed E-state index contributed by atoms with van der Waals surface area (Å²) < 4.78 is 47.4. The quantitative estimate of drug-likeness (QED) is 0.540. The van der Waals surface area contributed by atoms with Crippen molar-refractivity contribution in [3.05, 3.63) is 63.5 Å².